The van der Waals surface area contributed by atoms with Crippen LogP contribution in [0.4, 0.5) is 0 Å². The molecule has 136 valence electrons. The van der Waals surface area contributed by atoms with Gasteiger partial charge >= 0.3 is 0 Å². The van der Waals surface area contributed by atoms with Gasteiger partial charge in [0, 0.05) is 34.3 Å². The molecule has 0 fully saturated rings. The van der Waals surface area contributed by atoms with Crippen molar-refractivity contribution < 1.29 is 9.63 Å². The van der Waals surface area contributed by atoms with E-state index in [9.17, 15) is 5.11 Å². The minimum absolute atomic E-state index is 0.390. The minimum Gasteiger partial charge on any atom is -0.388 e. The van der Waals surface area contributed by atoms with Gasteiger partial charge in [0.25, 0.3) is 5.89 Å². The molecule has 2 aromatic heterocycles. The molecular formula is C22H21N3O2. The molecule has 0 aliphatic heterocycles. The van der Waals surface area contributed by atoms with Crippen LogP contribution in [-0.2, 0) is 6.42 Å². The first-order valence-corrected chi connectivity index (χ1v) is 9.36. The van der Waals surface area contributed by atoms with Gasteiger partial charge in [-0.05, 0) is 62.1 Å². The normalized spacial score (nSPS) is 16.4. The lowest BCUT2D eigenvalue weighted by Gasteiger charge is -2.09. The van der Waals surface area contributed by atoms with E-state index in [1.165, 1.54) is 5.52 Å². The zero-order valence-corrected chi connectivity index (χ0v) is 15.4. The minimum atomic E-state index is -0.390. The van der Waals surface area contributed by atoms with Crippen molar-refractivity contribution in [1.82, 2.24) is 14.7 Å². The number of rotatable bonds is 3. The Bertz CT molecular complexity index is 1140. The summed E-state index contributed by atoms with van der Waals surface area (Å²) in [5, 5.41) is 15.5. The summed E-state index contributed by atoms with van der Waals surface area (Å²) < 4.78 is 7.81. The SMILES string of the molecule is CC(C)n1ccc2cc(-c3nc(-c4cccc5c4CCC5O)no3)ccc21. The maximum atomic E-state index is 10.1. The second kappa shape index (κ2) is 6.06. The summed E-state index contributed by atoms with van der Waals surface area (Å²) in [7, 11) is 0. The Labute approximate surface area is 157 Å². The molecule has 0 saturated carbocycles. The number of aliphatic hydroxyl groups is 1. The van der Waals surface area contributed by atoms with Crippen molar-refractivity contribution in [3.63, 3.8) is 0 Å². The summed E-state index contributed by atoms with van der Waals surface area (Å²) in [6.45, 7) is 4.35. The second-order valence-electron chi connectivity index (χ2n) is 7.44. The van der Waals surface area contributed by atoms with Crippen LogP contribution in [0.1, 0.15) is 43.5 Å². The molecule has 1 aliphatic carbocycles. The van der Waals surface area contributed by atoms with Gasteiger partial charge in [-0.2, -0.15) is 4.98 Å². The molecule has 0 amide bonds. The van der Waals surface area contributed by atoms with Crippen molar-refractivity contribution in [2.45, 2.75) is 38.8 Å². The number of hydrogen-bond acceptors (Lipinski definition) is 4. The Morgan fingerprint density at radius 2 is 2.07 bits per heavy atom. The van der Waals surface area contributed by atoms with Crippen molar-refractivity contribution in [1.29, 1.82) is 0 Å². The number of benzene rings is 2. The summed E-state index contributed by atoms with van der Waals surface area (Å²) in [6.07, 6.45) is 3.31. The van der Waals surface area contributed by atoms with E-state index in [0.717, 1.165) is 40.5 Å². The van der Waals surface area contributed by atoms with Crippen LogP contribution in [0.15, 0.2) is 53.2 Å². The quantitative estimate of drug-likeness (QED) is 0.564. The molecule has 5 heteroatoms. The van der Waals surface area contributed by atoms with Crippen molar-refractivity contribution >= 4 is 10.9 Å². The zero-order chi connectivity index (χ0) is 18.5. The summed E-state index contributed by atoms with van der Waals surface area (Å²) in [6, 6.07) is 14.7. The monoisotopic (exact) mass is 359 g/mol. The van der Waals surface area contributed by atoms with Crippen LogP contribution < -0.4 is 0 Å². The molecule has 0 saturated heterocycles. The summed E-state index contributed by atoms with van der Waals surface area (Å²) in [5.41, 5.74) is 5.17. The third kappa shape index (κ3) is 2.58. The van der Waals surface area contributed by atoms with Crippen molar-refractivity contribution in [3.8, 4) is 22.8 Å². The molecule has 4 aromatic rings. The van der Waals surface area contributed by atoms with Gasteiger partial charge in [-0.1, -0.05) is 23.4 Å². The van der Waals surface area contributed by atoms with Crippen molar-refractivity contribution in [3.05, 3.63) is 59.8 Å². The highest BCUT2D eigenvalue weighted by molar-refractivity contribution is 5.84. The smallest absolute Gasteiger partial charge is 0.258 e. The van der Waals surface area contributed by atoms with E-state index in [1.807, 2.05) is 24.3 Å². The molecule has 2 aromatic carbocycles. The summed E-state index contributed by atoms with van der Waals surface area (Å²) in [5.74, 6) is 1.09. The summed E-state index contributed by atoms with van der Waals surface area (Å²) >= 11 is 0. The molecule has 0 bridgehead atoms. The van der Waals surface area contributed by atoms with Crippen LogP contribution >= 0.6 is 0 Å². The molecule has 1 aliphatic rings. The number of aromatic nitrogens is 3. The van der Waals surface area contributed by atoms with Gasteiger partial charge in [0.15, 0.2) is 0 Å². The Kier molecular flexibility index (Phi) is 3.65. The number of hydrogen-bond donors (Lipinski definition) is 1. The van der Waals surface area contributed by atoms with Gasteiger partial charge in [0.1, 0.15) is 0 Å². The first-order chi connectivity index (χ1) is 13.1. The standard InChI is InChI=1S/C22H21N3O2/c1-13(2)25-11-10-14-12-15(6-8-19(14)25)22-23-21(24-27-22)18-5-3-4-17-16(18)7-9-20(17)26/h3-6,8,10-13,20,26H,7,9H2,1-2H3. The first kappa shape index (κ1) is 16.3. The van der Waals surface area contributed by atoms with Gasteiger partial charge in [-0.15, -0.1) is 0 Å². The maximum absolute atomic E-state index is 10.1. The molecule has 1 atom stereocenters. The predicted octanol–water partition coefficient (Wildman–Crippen LogP) is 4.92. The average molecular weight is 359 g/mol. The van der Waals surface area contributed by atoms with E-state index < -0.39 is 6.10 Å². The van der Waals surface area contributed by atoms with Crippen LogP contribution in [-0.4, -0.2) is 19.8 Å². The zero-order valence-electron chi connectivity index (χ0n) is 15.4. The van der Waals surface area contributed by atoms with E-state index in [1.54, 1.807) is 0 Å². The molecular weight excluding hydrogens is 338 g/mol. The van der Waals surface area contributed by atoms with E-state index in [4.69, 9.17) is 4.52 Å². The Morgan fingerprint density at radius 3 is 2.93 bits per heavy atom. The largest absolute Gasteiger partial charge is 0.388 e. The lowest BCUT2D eigenvalue weighted by molar-refractivity contribution is 0.180. The van der Waals surface area contributed by atoms with Crippen LogP contribution in [0.25, 0.3) is 33.7 Å². The Balaban J connectivity index is 1.54. The van der Waals surface area contributed by atoms with Crippen LogP contribution in [0.3, 0.4) is 0 Å². The van der Waals surface area contributed by atoms with Gasteiger partial charge in [0.2, 0.25) is 5.82 Å². The second-order valence-corrected chi connectivity index (χ2v) is 7.44. The van der Waals surface area contributed by atoms with Gasteiger partial charge in [-0.3, -0.25) is 0 Å². The van der Waals surface area contributed by atoms with Gasteiger partial charge < -0.3 is 14.2 Å². The Morgan fingerprint density at radius 1 is 1.19 bits per heavy atom. The molecule has 0 radical (unpaired) electrons. The average Bonchev–Trinajstić information content (AvgIpc) is 3.39. The molecule has 0 spiro atoms. The van der Waals surface area contributed by atoms with Gasteiger partial charge in [-0.25, -0.2) is 0 Å². The molecule has 2 heterocycles. The topological polar surface area (TPSA) is 64.1 Å². The van der Waals surface area contributed by atoms with Crippen molar-refractivity contribution in [2.24, 2.45) is 0 Å². The maximum Gasteiger partial charge on any atom is 0.258 e. The van der Waals surface area contributed by atoms with Crippen molar-refractivity contribution in [2.75, 3.05) is 0 Å². The fraction of sp³-hybridized carbons (Fsp3) is 0.273. The van der Waals surface area contributed by atoms with E-state index >= 15 is 0 Å². The van der Waals surface area contributed by atoms with Crippen LogP contribution in [0.5, 0.6) is 0 Å². The van der Waals surface area contributed by atoms with E-state index in [0.29, 0.717) is 17.8 Å². The van der Waals surface area contributed by atoms with E-state index in [2.05, 4.69) is 53.0 Å². The highest BCUT2D eigenvalue weighted by atomic mass is 16.5. The summed E-state index contributed by atoms with van der Waals surface area (Å²) in [4.78, 5) is 4.64. The van der Waals surface area contributed by atoms with E-state index in [-0.39, 0.29) is 0 Å². The fourth-order valence-corrected chi connectivity index (χ4v) is 4.04. The molecule has 5 nitrogen and oxygen atoms in total. The number of aliphatic hydroxyl groups excluding tert-OH is 1. The van der Waals surface area contributed by atoms with Crippen LogP contribution in [0, 0.1) is 0 Å². The highest BCUT2D eigenvalue weighted by Crippen LogP contribution is 2.37. The fourth-order valence-electron chi connectivity index (χ4n) is 4.04. The third-order valence-corrected chi connectivity index (χ3v) is 5.43. The number of nitrogens with zero attached hydrogens (tertiary/aromatic N) is 3. The third-order valence-electron chi connectivity index (χ3n) is 5.43. The molecule has 1 N–H and O–H groups in total. The molecule has 27 heavy (non-hydrogen) atoms. The first-order valence-electron chi connectivity index (χ1n) is 9.36. The number of fused-ring (bicyclic) bond motifs is 2. The van der Waals surface area contributed by atoms with Gasteiger partial charge in [0.05, 0.1) is 6.10 Å². The molecule has 1 unspecified atom stereocenters. The van der Waals surface area contributed by atoms with Crippen LogP contribution in [0.2, 0.25) is 0 Å². The lowest BCUT2D eigenvalue weighted by Crippen LogP contribution is -1.97. The lowest BCUT2D eigenvalue weighted by atomic mass is 10.0. The Hall–Kier alpha value is -2.92. The predicted molar refractivity (Wildman–Crippen MR) is 104 cm³/mol. The highest BCUT2D eigenvalue weighted by Gasteiger charge is 2.25. The molecule has 5 rings (SSSR count).